The predicted octanol–water partition coefficient (Wildman–Crippen LogP) is 4.06. The third-order valence-electron chi connectivity index (χ3n) is 4.55. The number of pyridine rings is 1. The average Bonchev–Trinajstić information content (AvgIpc) is 2.90. The van der Waals surface area contributed by atoms with Gasteiger partial charge in [-0.1, -0.05) is 29.8 Å². The minimum atomic E-state index is -4.67. The fraction of sp³-hybridized carbons (Fsp3) is 0.333. The molecule has 0 bridgehead atoms. The smallest absolute Gasteiger partial charge is 0.307 e. The van der Waals surface area contributed by atoms with E-state index >= 15 is 0 Å². The van der Waals surface area contributed by atoms with Crippen molar-refractivity contribution < 1.29 is 18.0 Å². The highest BCUT2D eigenvalue weighted by molar-refractivity contribution is 6.30. The summed E-state index contributed by atoms with van der Waals surface area (Å²) >= 11 is 5.68. The first-order valence-corrected chi connectivity index (χ1v) is 8.39. The van der Waals surface area contributed by atoms with E-state index in [0.29, 0.717) is 24.4 Å². The first kappa shape index (κ1) is 18.5. The zero-order valence-corrected chi connectivity index (χ0v) is 14.8. The lowest BCUT2D eigenvalue weighted by atomic mass is 10.1. The van der Waals surface area contributed by atoms with E-state index in [2.05, 4.69) is 0 Å². The van der Waals surface area contributed by atoms with Crippen LogP contribution in [0.2, 0.25) is 5.02 Å². The van der Waals surface area contributed by atoms with Gasteiger partial charge in [-0.05, 0) is 38.0 Å². The van der Waals surface area contributed by atoms with Crippen molar-refractivity contribution in [3.63, 3.8) is 0 Å². The second kappa shape index (κ2) is 6.46. The third kappa shape index (κ3) is 3.11. The number of fused-ring (bicyclic) bond motifs is 1. The molecule has 0 saturated carbocycles. The van der Waals surface area contributed by atoms with Gasteiger partial charge in [0.25, 0.3) is 5.56 Å². The Balaban J connectivity index is 2.02. The van der Waals surface area contributed by atoms with Crippen LogP contribution in [0.4, 0.5) is 18.9 Å². The fourth-order valence-electron chi connectivity index (χ4n) is 3.23. The van der Waals surface area contributed by atoms with Gasteiger partial charge < -0.3 is 9.47 Å². The van der Waals surface area contributed by atoms with Crippen LogP contribution in [0.25, 0.3) is 0 Å². The number of rotatable bonds is 2. The van der Waals surface area contributed by atoms with E-state index in [1.165, 1.54) is 11.8 Å². The summed E-state index contributed by atoms with van der Waals surface area (Å²) in [5.41, 5.74) is -0.213. The SMILES string of the molecule is C[C@H](C(=O)N1c2ccccc2C[C@@H]1C)n1cc(C(F)(F)F)cc(Cl)c1=O. The topological polar surface area (TPSA) is 42.3 Å². The molecular weight excluding hydrogens is 369 g/mol. The van der Waals surface area contributed by atoms with E-state index in [1.54, 1.807) is 12.1 Å². The monoisotopic (exact) mass is 384 g/mol. The quantitative estimate of drug-likeness (QED) is 0.783. The Morgan fingerprint density at radius 1 is 1.31 bits per heavy atom. The van der Waals surface area contributed by atoms with Gasteiger partial charge in [-0.15, -0.1) is 0 Å². The molecule has 1 aliphatic rings. The minimum Gasteiger partial charge on any atom is -0.307 e. The number of benzene rings is 1. The van der Waals surface area contributed by atoms with E-state index in [1.807, 2.05) is 19.1 Å². The molecule has 1 aliphatic heterocycles. The van der Waals surface area contributed by atoms with Crippen molar-refractivity contribution in [1.82, 2.24) is 4.57 Å². The van der Waals surface area contributed by atoms with Crippen LogP contribution in [0.1, 0.15) is 31.0 Å². The molecule has 0 spiro atoms. The molecular formula is C18H16ClF3N2O2. The van der Waals surface area contributed by atoms with E-state index in [-0.39, 0.29) is 6.04 Å². The second-order valence-corrected chi connectivity index (χ2v) is 6.76. The van der Waals surface area contributed by atoms with Gasteiger partial charge in [-0.2, -0.15) is 13.2 Å². The molecule has 1 aromatic heterocycles. The molecule has 26 heavy (non-hydrogen) atoms. The van der Waals surface area contributed by atoms with Gasteiger partial charge in [0.15, 0.2) is 0 Å². The molecule has 8 heteroatoms. The lowest BCUT2D eigenvalue weighted by Gasteiger charge is -2.27. The van der Waals surface area contributed by atoms with Crippen molar-refractivity contribution in [3.8, 4) is 0 Å². The highest BCUT2D eigenvalue weighted by Crippen LogP contribution is 2.34. The van der Waals surface area contributed by atoms with Crippen LogP contribution < -0.4 is 10.5 Å². The van der Waals surface area contributed by atoms with Gasteiger partial charge in [0.1, 0.15) is 11.1 Å². The molecule has 2 heterocycles. The summed E-state index contributed by atoms with van der Waals surface area (Å²) in [7, 11) is 0. The highest BCUT2D eigenvalue weighted by atomic mass is 35.5. The number of anilines is 1. The van der Waals surface area contributed by atoms with E-state index in [4.69, 9.17) is 11.6 Å². The zero-order chi connectivity index (χ0) is 19.2. The van der Waals surface area contributed by atoms with Crippen LogP contribution in [0, 0.1) is 0 Å². The normalized spacial score (nSPS) is 17.9. The fourth-order valence-corrected chi connectivity index (χ4v) is 3.45. The molecule has 1 aromatic carbocycles. The van der Waals surface area contributed by atoms with Crippen molar-refractivity contribution in [2.45, 2.75) is 38.5 Å². The Morgan fingerprint density at radius 2 is 1.96 bits per heavy atom. The maximum Gasteiger partial charge on any atom is 0.417 e. The summed E-state index contributed by atoms with van der Waals surface area (Å²) < 4.78 is 39.9. The minimum absolute atomic E-state index is 0.153. The van der Waals surface area contributed by atoms with Crippen LogP contribution in [-0.2, 0) is 17.4 Å². The van der Waals surface area contributed by atoms with E-state index < -0.39 is 34.3 Å². The number of carbonyl (C=O) groups excluding carboxylic acids is 1. The molecule has 0 unspecified atom stereocenters. The van der Waals surface area contributed by atoms with Crippen LogP contribution in [0.3, 0.4) is 0 Å². The summed E-state index contributed by atoms with van der Waals surface area (Å²) in [4.78, 5) is 26.7. The number of nitrogens with zero attached hydrogens (tertiary/aromatic N) is 2. The van der Waals surface area contributed by atoms with Gasteiger partial charge in [-0.25, -0.2) is 0 Å². The number of halogens is 4. The molecule has 0 aliphatic carbocycles. The lowest BCUT2D eigenvalue weighted by molar-refractivity contribution is -0.138. The number of carbonyl (C=O) groups is 1. The number of hydrogen-bond donors (Lipinski definition) is 0. The van der Waals surface area contributed by atoms with Gasteiger partial charge in [0, 0.05) is 17.9 Å². The predicted molar refractivity (Wildman–Crippen MR) is 92.5 cm³/mol. The number of para-hydroxylation sites is 1. The molecule has 0 saturated heterocycles. The van der Waals surface area contributed by atoms with Crippen molar-refractivity contribution in [1.29, 1.82) is 0 Å². The Morgan fingerprint density at radius 3 is 2.62 bits per heavy atom. The first-order chi connectivity index (χ1) is 12.1. The Labute approximate surface area is 152 Å². The Kier molecular flexibility index (Phi) is 4.60. The molecule has 0 radical (unpaired) electrons. The number of amides is 1. The summed E-state index contributed by atoms with van der Waals surface area (Å²) in [5, 5.41) is -0.575. The molecule has 0 N–H and O–H groups in total. The molecule has 0 fully saturated rings. The van der Waals surface area contributed by atoms with Gasteiger partial charge in [-0.3, -0.25) is 9.59 Å². The number of aromatic nitrogens is 1. The molecule has 138 valence electrons. The summed E-state index contributed by atoms with van der Waals surface area (Å²) in [6, 6.07) is 6.62. The zero-order valence-electron chi connectivity index (χ0n) is 14.0. The molecule has 3 rings (SSSR count). The second-order valence-electron chi connectivity index (χ2n) is 6.35. The summed E-state index contributed by atoms with van der Waals surface area (Å²) in [6.45, 7) is 3.25. The molecule has 1 amide bonds. The third-order valence-corrected chi connectivity index (χ3v) is 4.82. The highest BCUT2D eigenvalue weighted by Gasteiger charge is 2.36. The van der Waals surface area contributed by atoms with Crippen molar-refractivity contribution in [2.75, 3.05) is 4.90 Å². The van der Waals surface area contributed by atoms with Crippen molar-refractivity contribution in [2.24, 2.45) is 0 Å². The Bertz CT molecular complexity index is 923. The lowest BCUT2D eigenvalue weighted by Crippen LogP contribution is -2.42. The van der Waals surface area contributed by atoms with E-state index in [0.717, 1.165) is 10.1 Å². The molecule has 2 atom stereocenters. The van der Waals surface area contributed by atoms with Crippen LogP contribution in [-0.4, -0.2) is 16.5 Å². The largest absolute Gasteiger partial charge is 0.417 e. The summed E-state index contributed by atoms with van der Waals surface area (Å²) in [5.74, 6) is -0.458. The standard InChI is InChI=1S/C18H16ClF3N2O2/c1-10-7-12-5-3-4-6-15(12)24(10)16(25)11(2)23-9-13(18(20,21)22)8-14(19)17(23)26/h3-6,8-11H,7H2,1-2H3/t10-,11+/m0/s1. The maximum atomic E-state index is 13.0. The first-order valence-electron chi connectivity index (χ1n) is 8.01. The van der Waals surface area contributed by atoms with Crippen LogP contribution >= 0.6 is 11.6 Å². The van der Waals surface area contributed by atoms with Gasteiger partial charge in [0.05, 0.1) is 5.56 Å². The average molecular weight is 385 g/mol. The molecule has 4 nitrogen and oxygen atoms in total. The Hall–Kier alpha value is -2.28. The van der Waals surface area contributed by atoms with Gasteiger partial charge >= 0.3 is 6.18 Å². The van der Waals surface area contributed by atoms with Crippen LogP contribution in [0.5, 0.6) is 0 Å². The van der Waals surface area contributed by atoms with Gasteiger partial charge in [0.2, 0.25) is 5.91 Å². The van der Waals surface area contributed by atoms with Crippen LogP contribution in [0.15, 0.2) is 41.3 Å². The molecule has 2 aromatic rings. The maximum absolute atomic E-state index is 13.0. The van der Waals surface area contributed by atoms with Crippen molar-refractivity contribution >= 4 is 23.2 Å². The van der Waals surface area contributed by atoms with Crippen molar-refractivity contribution in [3.05, 3.63) is 63.0 Å². The number of hydrogen-bond acceptors (Lipinski definition) is 2. The van der Waals surface area contributed by atoms with E-state index in [9.17, 15) is 22.8 Å². The number of alkyl halides is 3. The summed E-state index contributed by atoms with van der Waals surface area (Å²) in [6.07, 6.45) is -3.38.